The van der Waals surface area contributed by atoms with Gasteiger partial charge in [0.25, 0.3) is 0 Å². The molecule has 0 spiro atoms. The number of nitrogens with two attached hydrogens (primary N) is 1. The topological polar surface area (TPSA) is 57.4 Å². The highest BCUT2D eigenvalue weighted by Crippen LogP contribution is 2.24. The molecule has 0 fully saturated rings. The maximum Gasteiger partial charge on any atom is 0.213 e. The lowest BCUT2D eigenvalue weighted by Gasteiger charge is -2.07. The molecule has 2 rings (SSSR count). The number of halogens is 1. The van der Waals surface area contributed by atoms with Crippen molar-refractivity contribution in [3.63, 3.8) is 0 Å². The van der Waals surface area contributed by atoms with Gasteiger partial charge >= 0.3 is 0 Å². The number of nitrogen functional groups attached to an aromatic ring is 1. The van der Waals surface area contributed by atoms with Crippen molar-refractivity contribution in [1.82, 2.24) is 4.98 Å². The van der Waals surface area contributed by atoms with Gasteiger partial charge in [-0.1, -0.05) is 17.7 Å². The van der Waals surface area contributed by atoms with E-state index in [9.17, 15) is 0 Å². The summed E-state index contributed by atoms with van der Waals surface area (Å²) in [7, 11) is 1.58. The Kier molecular flexibility index (Phi) is 3.89. The van der Waals surface area contributed by atoms with Crippen LogP contribution in [0.4, 0.5) is 5.69 Å². The fourth-order valence-electron chi connectivity index (χ4n) is 1.41. The zero-order valence-electron chi connectivity index (χ0n) is 9.89. The van der Waals surface area contributed by atoms with E-state index in [-0.39, 0.29) is 0 Å². The van der Waals surface area contributed by atoms with Crippen molar-refractivity contribution in [2.24, 2.45) is 0 Å². The van der Waals surface area contributed by atoms with Crippen molar-refractivity contribution >= 4 is 17.3 Å². The maximum atomic E-state index is 5.90. The summed E-state index contributed by atoms with van der Waals surface area (Å²) in [4.78, 5) is 4.24. The molecule has 4 nitrogen and oxygen atoms in total. The maximum absolute atomic E-state index is 5.90. The number of methoxy groups -OCH3 is 1. The second-order valence-corrected chi connectivity index (χ2v) is 4.05. The third-order valence-corrected chi connectivity index (χ3v) is 2.68. The Morgan fingerprint density at radius 3 is 2.83 bits per heavy atom. The lowest BCUT2D eigenvalue weighted by atomic mass is 10.3. The number of ether oxygens (including phenoxy) is 2. The average Bonchev–Trinajstić information content (AvgIpc) is 2.40. The first-order valence-corrected chi connectivity index (χ1v) is 5.74. The molecule has 2 aromatic rings. The molecular formula is C13H13ClN2O2. The van der Waals surface area contributed by atoms with Crippen molar-refractivity contribution in [2.45, 2.75) is 6.61 Å². The molecule has 1 aromatic heterocycles. The minimum atomic E-state index is 0.345. The number of hydrogen-bond donors (Lipinski definition) is 1. The Hall–Kier alpha value is -1.94. The predicted molar refractivity (Wildman–Crippen MR) is 71.0 cm³/mol. The molecule has 18 heavy (non-hydrogen) atoms. The Bertz CT molecular complexity index is 546. The van der Waals surface area contributed by atoms with Crippen molar-refractivity contribution < 1.29 is 9.47 Å². The first kappa shape index (κ1) is 12.5. The van der Waals surface area contributed by atoms with Gasteiger partial charge in [-0.05, 0) is 18.2 Å². The Morgan fingerprint density at radius 1 is 1.28 bits per heavy atom. The average molecular weight is 265 g/mol. The van der Waals surface area contributed by atoms with Crippen LogP contribution in [-0.2, 0) is 6.61 Å². The molecule has 0 atom stereocenters. The van der Waals surface area contributed by atoms with Crippen molar-refractivity contribution in [3.8, 4) is 11.6 Å². The van der Waals surface area contributed by atoms with E-state index in [1.54, 1.807) is 31.4 Å². The molecule has 0 saturated heterocycles. The van der Waals surface area contributed by atoms with Gasteiger partial charge in [-0.3, -0.25) is 0 Å². The smallest absolute Gasteiger partial charge is 0.213 e. The molecule has 0 saturated carbocycles. The normalized spacial score (nSPS) is 10.1. The van der Waals surface area contributed by atoms with Gasteiger partial charge in [-0.2, -0.15) is 0 Å². The number of nitrogens with zero attached hydrogens (tertiary/aromatic N) is 1. The SMILES string of the molecule is COc1cccc(COc2ccc(N)c(Cl)c2)n1. The van der Waals surface area contributed by atoms with E-state index >= 15 is 0 Å². The third-order valence-electron chi connectivity index (χ3n) is 2.35. The van der Waals surface area contributed by atoms with E-state index in [2.05, 4.69) is 4.98 Å². The number of aromatic nitrogens is 1. The molecule has 0 aliphatic rings. The van der Waals surface area contributed by atoms with Crippen LogP contribution in [0.25, 0.3) is 0 Å². The zero-order chi connectivity index (χ0) is 13.0. The predicted octanol–water partition coefficient (Wildman–Crippen LogP) is 2.90. The van der Waals surface area contributed by atoms with E-state index in [0.29, 0.717) is 28.9 Å². The van der Waals surface area contributed by atoms with Gasteiger partial charge in [0.05, 0.1) is 23.5 Å². The summed E-state index contributed by atoms with van der Waals surface area (Å²) in [6, 6.07) is 10.7. The van der Waals surface area contributed by atoms with Crippen LogP contribution in [0, 0.1) is 0 Å². The zero-order valence-corrected chi connectivity index (χ0v) is 10.6. The summed E-state index contributed by atoms with van der Waals surface area (Å²) < 4.78 is 10.6. The molecule has 1 aromatic carbocycles. The fraction of sp³-hybridized carbons (Fsp3) is 0.154. The molecule has 0 aliphatic carbocycles. The Labute approximate surface area is 110 Å². The van der Waals surface area contributed by atoms with Gasteiger partial charge in [0.15, 0.2) is 0 Å². The second-order valence-electron chi connectivity index (χ2n) is 3.64. The van der Waals surface area contributed by atoms with Crippen LogP contribution in [-0.4, -0.2) is 12.1 Å². The van der Waals surface area contributed by atoms with Gasteiger partial charge in [0.2, 0.25) is 5.88 Å². The van der Waals surface area contributed by atoms with Gasteiger partial charge in [0, 0.05) is 12.1 Å². The molecule has 0 radical (unpaired) electrons. The minimum Gasteiger partial charge on any atom is -0.487 e. The summed E-state index contributed by atoms with van der Waals surface area (Å²) in [5, 5.41) is 0.478. The van der Waals surface area contributed by atoms with Crippen LogP contribution in [0.2, 0.25) is 5.02 Å². The standard InChI is InChI=1S/C13H13ClN2O2/c1-17-13-4-2-3-9(16-13)8-18-10-5-6-12(15)11(14)7-10/h2-7H,8,15H2,1H3. The summed E-state index contributed by atoms with van der Waals surface area (Å²) in [5.41, 5.74) is 6.93. The van der Waals surface area contributed by atoms with Gasteiger partial charge in [0.1, 0.15) is 12.4 Å². The highest BCUT2D eigenvalue weighted by molar-refractivity contribution is 6.33. The van der Waals surface area contributed by atoms with Crippen molar-refractivity contribution in [2.75, 3.05) is 12.8 Å². The largest absolute Gasteiger partial charge is 0.487 e. The molecule has 5 heteroatoms. The molecule has 0 amide bonds. The highest BCUT2D eigenvalue weighted by atomic mass is 35.5. The summed E-state index contributed by atoms with van der Waals surface area (Å²) in [6.07, 6.45) is 0. The Balaban J connectivity index is 2.04. The summed E-state index contributed by atoms with van der Waals surface area (Å²) >= 11 is 5.90. The van der Waals surface area contributed by atoms with E-state index in [1.807, 2.05) is 12.1 Å². The molecule has 1 heterocycles. The lowest BCUT2D eigenvalue weighted by molar-refractivity contribution is 0.298. The first-order valence-electron chi connectivity index (χ1n) is 5.37. The quantitative estimate of drug-likeness (QED) is 0.863. The lowest BCUT2D eigenvalue weighted by Crippen LogP contribution is -1.99. The van der Waals surface area contributed by atoms with Gasteiger partial charge < -0.3 is 15.2 Å². The second kappa shape index (κ2) is 5.60. The highest BCUT2D eigenvalue weighted by Gasteiger charge is 2.02. The summed E-state index contributed by atoms with van der Waals surface area (Å²) in [5.74, 6) is 1.21. The molecule has 2 N–H and O–H groups in total. The van der Waals surface area contributed by atoms with Crippen LogP contribution >= 0.6 is 11.6 Å². The number of rotatable bonds is 4. The monoisotopic (exact) mass is 264 g/mol. The van der Waals surface area contributed by atoms with Crippen molar-refractivity contribution in [1.29, 1.82) is 0 Å². The summed E-state index contributed by atoms with van der Waals surface area (Å²) in [6.45, 7) is 0.345. The van der Waals surface area contributed by atoms with Crippen LogP contribution in [0.15, 0.2) is 36.4 Å². The van der Waals surface area contributed by atoms with Crippen LogP contribution in [0.1, 0.15) is 5.69 Å². The van der Waals surface area contributed by atoms with Crippen LogP contribution < -0.4 is 15.2 Å². The molecular weight excluding hydrogens is 252 g/mol. The number of hydrogen-bond acceptors (Lipinski definition) is 4. The minimum absolute atomic E-state index is 0.345. The van der Waals surface area contributed by atoms with Gasteiger partial charge in [-0.25, -0.2) is 4.98 Å². The first-order chi connectivity index (χ1) is 8.69. The van der Waals surface area contributed by atoms with Crippen LogP contribution in [0.5, 0.6) is 11.6 Å². The Morgan fingerprint density at radius 2 is 2.11 bits per heavy atom. The van der Waals surface area contributed by atoms with Gasteiger partial charge in [-0.15, -0.1) is 0 Å². The number of benzene rings is 1. The van der Waals surface area contributed by atoms with E-state index in [4.69, 9.17) is 26.8 Å². The van der Waals surface area contributed by atoms with E-state index in [1.165, 1.54) is 0 Å². The number of anilines is 1. The molecule has 0 bridgehead atoms. The molecule has 0 unspecified atom stereocenters. The number of pyridine rings is 1. The van der Waals surface area contributed by atoms with E-state index in [0.717, 1.165) is 5.69 Å². The third kappa shape index (κ3) is 3.05. The molecule has 0 aliphatic heterocycles. The fourth-order valence-corrected chi connectivity index (χ4v) is 1.58. The molecule has 94 valence electrons. The van der Waals surface area contributed by atoms with E-state index < -0.39 is 0 Å². The van der Waals surface area contributed by atoms with Crippen LogP contribution in [0.3, 0.4) is 0 Å². The van der Waals surface area contributed by atoms with Crippen molar-refractivity contribution in [3.05, 3.63) is 47.1 Å².